The number of hydrogen-bond donors (Lipinski definition) is 1. The summed E-state index contributed by atoms with van der Waals surface area (Å²) < 4.78 is 34.2. The van der Waals surface area contributed by atoms with Gasteiger partial charge in [-0.05, 0) is 43.0 Å². The van der Waals surface area contributed by atoms with Gasteiger partial charge in [-0.3, -0.25) is 0 Å². The zero-order valence-corrected chi connectivity index (χ0v) is 16.6. The van der Waals surface area contributed by atoms with Gasteiger partial charge in [0.05, 0.1) is 22.0 Å². The fraction of sp³-hybridized carbons (Fsp3) is 0.227. The van der Waals surface area contributed by atoms with Crippen LogP contribution in [-0.2, 0) is 10.0 Å². The normalized spacial score (nSPS) is 17.6. The van der Waals surface area contributed by atoms with Crippen LogP contribution in [0.1, 0.15) is 12.8 Å². The van der Waals surface area contributed by atoms with Gasteiger partial charge in [0.15, 0.2) is 0 Å². The van der Waals surface area contributed by atoms with Crippen LogP contribution in [0.25, 0.3) is 21.7 Å². The number of aromatic nitrogens is 2. The third-order valence-electron chi connectivity index (χ3n) is 5.34. The lowest BCUT2D eigenvalue weighted by molar-refractivity contribution is 0.169. The van der Waals surface area contributed by atoms with Crippen molar-refractivity contribution in [2.24, 2.45) is 0 Å². The molecule has 6 nitrogen and oxygen atoms in total. The summed E-state index contributed by atoms with van der Waals surface area (Å²) >= 11 is 0. The van der Waals surface area contributed by atoms with Crippen molar-refractivity contribution in [1.82, 2.24) is 14.5 Å². The Balaban J connectivity index is 1.60. The molecule has 148 valence electrons. The molecule has 4 aromatic rings. The lowest BCUT2D eigenvalue weighted by atomic mass is 10.1. The molecule has 3 aromatic carbocycles. The Kier molecular flexibility index (Phi) is 4.49. The summed E-state index contributed by atoms with van der Waals surface area (Å²) in [5.74, 6) is 0.663. The Labute approximate surface area is 169 Å². The zero-order valence-electron chi connectivity index (χ0n) is 15.8. The molecule has 1 aliphatic rings. The molecular weight excluding hydrogens is 386 g/mol. The van der Waals surface area contributed by atoms with E-state index < -0.39 is 10.0 Å². The molecule has 1 N–H and O–H groups in total. The van der Waals surface area contributed by atoms with Crippen LogP contribution in [0.2, 0.25) is 0 Å². The monoisotopic (exact) mass is 407 g/mol. The Morgan fingerprint density at radius 3 is 2.69 bits per heavy atom. The van der Waals surface area contributed by atoms with Gasteiger partial charge in [0.25, 0.3) is 10.0 Å². The van der Waals surface area contributed by atoms with E-state index in [0.717, 1.165) is 35.4 Å². The minimum Gasteiger partial charge on any atom is -0.488 e. The number of nitrogens with one attached hydrogen (secondary N) is 1. The van der Waals surface area contributed by atoms with E-state index in [-0.39, 0.29) is 11.0 Å². The molecule has 0 spiro atoms. The summed E-state index contributed by atoms with van der Waals surface area (Å²) in [7, 11) is -3.86. The van der Waals surface area contributed by atoms with Crippen LogP contribution in [0, 0.1) is 0 Å². The maximum absolute atomic E-state index is 13.5. The van der Waals surface area contributed by atoms with Crippen molar-refractivity contribution in [3.05, 3.63) is 66.9 Å². The zero-order chi connectivity index (χ0) is 19.8. The largest absolute Gasteiger partial charge is 0.488 e. The van der Waals surface area contributed by atoms with Crippen LogP contribution >= 0.6 is 0 Å². The van der Waals surface area contributed by atoms with Gasteiger partial charge in [0.2, 0.25) is 0 Å². The lowest BCUT2D eigenvalue weighted by Crippen LogP contribution is -2.37. The van der Waals surface area contributed by atoms with Crippen LogP contribution in [0.4, 0.5) is 0 Å². The van der Waals surface area contributed by atoms with E-state index in [1.165, 1.54) is 0 Å². The number of ether oxygens (including phenoxy) is 1. The van der Waals surface area contributed by atoms with Crippen LogP contribution in [0.15, 0.2) is 71.8 Å². The summed E-state index contributed by atoms with van der Waals surface area (Å²) in [4.78, 5) is 0.239. The maximum Gasteiger partial charge on any atom is 0.284 e. The van der Waals surface area contributed by atoms with E-state index in [2.05, 4.69) is 10.4 Å². The minimum atomic E-state index is -3.86. The van der Waals surface area contributed by atoms with Crippen molar-refractivity contribution in [2.75, 3.05) is 13.1 Å². The molecule has 0 aliphatic carbocycles. The molecule has 1 saturated heterocycles. The van der Waals surface area contributed by atoms with E-state index in [1.54, 1.807) is 24.4 Å². The number of hydrogen-bond acceptors (Lipinski definition) is 5. The summed E-state index contributed by atoms with van der Waals surface area (Å²) in [6.45, 7) is 1.80. The fourth-order valence-corrected chi connectivity index (χ4v) is 5.40. The molecule has 1 fully saturated rings. The number of nitrogens with zero attached hydrogens (tertiary/aromatic N) is 2. The Morgan fingerprint density at radius 1 is 1.00 bits per heavy atom. The Morgan fingerprint density at radius 2 is 1.83 bits per heavy atom. The molecule has 0 radical (unpaired) electrons. The van der Waals surface area contributed by atoms with E-state index in [4.69, 9.17) is 4.74 Å². The summed E-state index contributed by atoms with van der Waals surface area (Å²) in [6, 6.07) is 18.2. The number of fused-ring (bicyclic) bond motifs is 2. The Bertz CT molecular complexity index is 1290. The van der Waals surface area contributed by atoms with Crippen molar-refractivity contribution in [2.45, 2.75) is 23.8 Å². The highest BCUT2D eigenvalue weighted by Crippen LogP contribution is 2.31. The fourth-order valence-electron chi connectivity index (χ4n) is 3.91. The molecule has 7 heteroatoms. The molecule has 1 aliphatic heterocycles. The first-order valence-electron chi connectivity index (χ1n) is 9.72. The quantitative estimate of drug-likeness (QED) is 0.560. The molecule has 0 saturated carbocycles. The maximum atomic E-state index is 13.5. The molecule has 0 amide bonds. The predicted octanol–water partition coefficient (Wildman–Crippen LogP) is 3.56. The van der Waals surface area contributed by atoms with E-state index >= 15 is 0 Å². The van der Waals surface area contributed by atoms with Crippen LogP contribution in [0.5, 0.6) is 5.75 Å². The highest BCUT2D eigenvalue weighted by Gasteiger charge is 2.24. The molecule has 0 bridgehead atoms. The first-order chi connectivity index (χ1) is 14.1. The Hall–Kier alpha value is -2.90. The summed E-state index contributed by atoms with van der Waals surface area (Å²) in [6.07, 6.45) is 3.69. The molecule has 1 aromatic heterocycles. The number of rotatable bonds is 4. The molecule has 5 rings (SSSR count). The van der Waals surface area contributed by atoms with Crippen molar-refractivity contribution < 1.29 is 13.2 Å². The molecule has 1 unspecified atom stereocenters. The van der Waals surface area contributed by atoms with Gasteiger partial charge in [-0.1, -0.05) is 42.5 Å². The highest BCUT2D eigenvalue weighted by atomic mass is 32.2. The van der Waals surface area contributed by atoms with Gasteiger partial charge in [-0.25, -0.2) is 0 Å². The molecule has 2 heterocycles. The molecule has 29 heavy (non-hydrogen) atoms. The number of piperidine rings is 1. The first kappa shape index (κ1) is 18.1. The average Bonchev–Trinajstić information content (AvgIpc) is 3.20. The van der Waals surface area contributed by atoms with Crippen LogP contribution < -0.4 is 10.1 Å². The topological polar surface area (TPSA) is 73.2 Å². The van der Waals surface area contributed by atoms with Crippen LogP contribution in [0.3, 0.4) is 0 Å². The highest BCUT2D eigenvalue weighted by molar-refractivity contribution is 7.90. The van der Waals surface area contributed by atoms with E-state index in [1.807, 2.05) is 42.5 Å². The SMILES string of the molecule is O=S(=O)(c1cccc2ccccc12)n1ncc2c(OC3CCCNC3)cccc21. The van der Waals surface area contributed by atoms with Crippen molar-refractivity contribution in [3.63, 3.8) is 0 Å². The van der Waals surface area contributed by atoms with E-state index in [9.17, 15) is 8.42 Å². The van der Waals surface area contributed by atoms with Crippen molar-refractivity contribution >= 4 is 31.7 Å². The number of benzene rings is 3. The van der Waals surface area contributed by atoms with Crippen molar-refractivity contribution in [1.29, 1.82) is 0 Å². The van der Waals surface area contributed by atoms with E-state index in [0.29, 0.717) is 22.0 Å². The minimum absolute atomic E-state index is 0.0763. The second kappa shape index (κ2) is 7.17. The van der Waals surface area contributed by atoms with Crippen molar-refractivity contribution in [3.8, 4) is 5.75 Å². The third-order valence-corrected chi connectivity index (χ3v) is 7.00. The van der Waals surface area contributed by atoms with Crippen LogP contribution in [-0.4, -0.2) is 36.8 Å². The van der Waals surface area contributed by atoms with Gasteiger partial charge in [0.1, 0.15) is 11.9 Å². The average molecular weight is 407 g/mol. The lowest BCUT2D eigenvalue weighted by Gasteiger charge is -2.24. The second-order valence-corrected chi connectivity index (χ2v) is 8.98. The summed E-state index contributed by atoms with van der Waals surface area (Å²) in [5, 5.41) is 9.82. The summed E-state index contributed by atoms with van der Waals surface area (Å²) in [5.41, 5.74) is 0.513. The van der Waals surface area contributed by atoms with Gasteiger partial charge < -0.3 is 10.1 Å². The second-order valence-electron chi connectivity index (χ2n) is 7.25. The standard InChI is InChI=1S/C22H21N3O3S/c26-29(27,22-12-3-7-16-6-1-2-9-18(16)22)25-20-10-4-11-21(19(20)15-24-25)28-17-8-5-13-23-14-17/h1-4,6-7,9-12,15,17,23H,5,8,13-14H2. The van der Waals surface area contributed by atoms with Gasteiger partial charge in [0, 0.05) is 11.9 Å². The predicted molar refractivity (Wildman–Crippen MR) is 113 cm³/mol. The molecular formula is C22H21N3O3S. The van der Waals surface area contributed by atoms with Gasteiger partial charge in [-0.15, -0.1) is 0 Å². The third kappa shape index (κ3) is 3.16. The smallest absolute Gasteiger partial charge is 0.284 e. The van der Waals surface area contributed by atoms with Gasteiger partial charge >= 0.3 is 0 Å². The molecule has 1 atom stereocenters. The first-order valence-corrected chi connectivity index (χ1v) is 11.2. The van der Waals surface area contributed by atoms with Gasteiger partial charge in [-0.2, -0.15) is 17.6 Å².